The second kappa shape index (κ2) is 3.46. The molecule has 4 nitrogen and oxygen atoms in total. The van der Waals surface area contributed by atoms with Crippen molar-refractivity contribution >= 4 is 11.8 Å². The van der Waals surface area contributed by atoms with Gasteiger partial charge in [-0.05, 0) is 6.92 Å². The van der Waals surface area contributed by atoms with Crippen LogP contribution in [0.5, 0.6) is 0 Å². The molecule has 0 heterocycles. The van der Waals surface area contributed by atoms with Crippen LogP contribution >= 0.6 is 0 Å². The summed E-state index contributed by atoms with van der Waals surface area (Å²) in [6.07, 6.45) is 0. The van der Waals surface area contributed by atoms with Gasteiger partial charge in [0.2, 0.25) is 0 Å². The standard InChI is InChI=1S/C9H17NO3/c1-6-10(4,5)9(3,7(2)11)8(12)13/h6H2,1-5H3. The Bertz CT molecular complexity index is 219. The van der Waals surface area contributed by atoms with Gasteiger partial charge in [0.1, 0.15) is 5.97 Å². The largest absolute Gasteiger partial charge is 0.543 e. The van der Waals surface area contributed by atoms with Crippen molar-refractivity contribution in [2.75, 3.05) is 20.6 Å². The molecule has 0 aliphatic carbocycles. The lowest BCUT2D eigenvalue weighted by atomic mass is 9.93. The van der Waals surface area contributed by atoms with Crippen LogP contribution in [0.1, 0.15) is 20.8 Å². The van der Waals surface area contributed by atoms with Gasteiger partial charge in [-0.3, -0.25) is 4.79 Å². The molecule has 4 heteroatoms. The molecule has 13 heavy (non-hydrogen) atoms. The molecule has 0 aromatic rings. The van der Waals surface area contributed by atoms with Crippen molar-refractivity contribution in [2.24, 2.45) is 0 Å². The van der Waals surface area contributed by atoms with Crippen LogP contribution in [0.2, 0.25) is 0 Å². The third-order valence-electron chi connectivity index (χ3n) is 3.08. The molecule has 0 aliphatic rings. The first kappa shape index (κ1) is 12.1. The minimum absolute atomic E-state index is 0.102. The Morgan fingerprint density at radius 3 is 1.85 bits per heavy atom. The van der Waals surface area contributed by atoms with Crippen molar-refractivity contribution in [2.45, 2.75) is 26.3 Å². The number of hydrogen-bond acceptors (Lipinski definition) is 3. The van der Waals surface area contributed by atoms with Gasteiger partial charge in [0, 0.05) is 13.8 Å². The first-order valence-electron chi connectivity index (χ1n) is 4.25. The Kier molecular flexibility index (Phi) is 3.22. The van der Waals surface area contributed by atoms with Crippen LogP contribution in [0.4, 0.5) is 0 Å². The third-order valence-corrected chi connectivity index (χ3v) is 3.08. The average Bonchev–Trinajstić information content (AvgIpc) is 2.01. The highest BCUT2D eigenvalue weighted by Gasteiger charge is 2.46. The predicted molar refractivity (Wildman–Crippen MR) is 46.7 cm³/mol. The van der Waals surface area contributed by atoms with Crippen LogP contribution in [0, 0.1) is 0 Å². The second-order valence-electron chi connectivity index (χ2n) is 3.92. The summed E-state index contributed by atoms with van der Waals surface area (Å²) in [5.41, 5.74) is -1.45. The fourth-order valence-corrected chi connectivity index (χ4v) is 1.13. The number of likely N-dealkylation sites (N-methyl/N-ethyl adjacent to an activating group) is 1. The van der Waals surface area contributed by atoms with E-state index in [1.54, 1.807) is 14.1 Å². The van der Waals surface area contributed by atoms with Crippen LogP contribution in [0.15, 0.2) is 0 Å². The maximum atomic E-state index is 11.3. The Morgan fingerprint density at radius 2 is 1.77 bits per heavy atom. The number of rotatable bonds is 4. The highest BCUT2D eigenvalue weighted by molar-refractivity contribution is 6.03. The highest BCUT2D eigenvalue weighted by atomic mass is 16.4. The maximum Gasteiger partial charge on any atom is 0.195 e. The van der Waals surface area contributed by atoms with E-state index in [-0.39, 0.29) is 10.3 Å². The summed E-state index contributed by atoms with van der Waals surface area (Å²) < 4.78 is 0.102. The number of carbonyl (C=O) groups is 2. The number of quaternary nitrogens is 1. The predicted octanol–water partition coefficient (Wildman–Crippen LogP) is -0.820. The minimum Gasteiger partial charge on any atom is -0.543 e. The molecule has 0 rings (SSSR count). The van der Waals surface area contributed by atoms with E-state index in [1.165, 1.54) is 13.8 Å². The van der Waals surface area contributed by atoms with Gasteiger partial charge in [-0.15, -0.1) is 0 Å². The molecule has 1 unspecified atom stereocenters. The number of hydrogen-bond donors (Lipinski definition) is 0. The third kappa shape index (κ3) is 1.72. The Labute approximate surface area is 78.7 Å². The maximum absolute atomic E-state index is 11.3. The van der Waals surface area contributed by atoms with E-state index >= 15 is 0 Å². The summed E-state index contributed by atoms with van der Waals surface area (Å²) in [4.78, 5) is 22.2. The van der Waals surface area contributed by atoms with Crippen molar-refractivity contribution < 1.29 is 19.2 Å². The van der Waals surface area contributed by atoms with Gasteiger partial charge in [0.25, 0.3) is 0 Å². The SMILES string of the molecule is CC[N+](C)(C)C(C)(C(C)=O)C(=O)[O-]. The van der Waals surface area contributed by atoms with E-state index in [9.17, 15) is 14.7 Å². The van der Waals surface area contributed by atoms with Gasteiger partial charge in [0.15, 0.2) is 11.3 Å². The molecular weight excluding hydrogens is 170 g/mol. The summed E-state index contributed by atoms with van der Waals surface area (Å²) in [5, 5.41) is 10.9. The number of nitrogens with zero attached hydrogens (tertiary/aromatic N) is 1. The molecular formula is C9H17NO3. The Morgan fingerprint density at radius 1 is 1.38 bits per heavy atom. The van der Waals surface area contributed by atoms with Crippen LogP contribution in [-0.2, 0) is 9.59 Å². The summed E-state index contributed by atoms with van der Waals surface area (Å²) in [7, 11) is 3.41. The zero-order chi connectivity index (χ0) is 10.9. The van der Waals surface area contributed by atoms with E-state index < -0.39 is 11.5 Å². The van der Waals surface area contributed by atoms with Gasteiger partial charge >= 0.3 is 0 Å². The lowest BCUT2D eigenvalue weighted by Crippen LogP contribution is -2.69. The fourth-order valence-electron chi connectivity index (χ4n) is 1.13. The molecule has 0 saturated carbocycles. The van der Waals surface area contributed by atoms with E-state index in [0.29, 0.717) is 6.54 Å². The molecule has 0 saturated heterocycles. The molecule has 0 aromatic heterocycles. The van der Waals surface area contributed by atoms with Crippen molar-refractivity contribution in [1.29, 1.82) is 0 Å². The van der Waals surface area contributed by atoms with Gasteiger partial charge in [-0.25, -0.2) is 0 Å². The highest BCUT2D eigenvalue weighted by Crippen LogP contribution is 2.20. The van der Waals surface area contributed by atoms with E-state index in [1.807, 2.05) is 6.92 Å². The monoisotopic (exact) mass is 187 g/mol. The number of carboxylic acid groups (broad SMARTS) is 1. The molecule has 0 aliphatic heterocycles. The fraction of sp³-hybridized carbons (Fsp3) is 0.778. The number of carbonyl (C=O) groups excluding carboxylic acids is 2. The van der Waals surface area contributed by atoms with Crippen molar-refractivity contribution in [3.05, 3.63) is 0 Å². The topological polar surface area (TPSA) is 57.2 Å². The lowest BCUT2D eigenvalue weighted by molar-refractivity contribution is -0.920. The number of aliphatic carboxylic acids is 1. The van der Waals surface area contributed by atoms with Crippen LogP contribution < -0.4 is 5.11 Å². The van der Waals surface area contributed by atoms with Crippen molar-refractivity contribution in [3.63, 3.8) is 0 Å². The summed E-state index contributed by atoms with van der Waals surface area (Å²) in [6.45, 7) is 5.09. The zero-order valence-corrected chi connectivity index (χ0v) is 8.88. The van der Waals surface area contributed by atoms with Crippen molar-refractivity contribution in [3.8, 4) is 0 Å². The molecule has 0 aromatic carbocycles. The lowest BCUT2D eigenvalue weighted by Gasteiger charge is -2.44. The van der Waals surface area contributed by atoms with Crippen molar-refractivity contribution in [1.82, 2.24) is 0 Å². The minimum atomic E-state index is -1.45. The van der Waals surface area contributed by atoms with Gasteiger partial charge in [-0.1, -0.05) is 0 Å². The van der Waals surface area contributed by atoms with Crippen LogP contribution in [-0.4, -0.2) is 42.4 Å². The van der Waals surface area contributed by atoms with Gasteiger partial charge in [-0.2, -0.15) is 0 Å². The molecule has 0 fully saturated rings. The summed E-state index contributed by atoms with van der Waals surface area (Å²) >= 11 is 0. The van der Waals surface area contributed by atoms with Gasteiger partial charge in [0.05, 0.1) is 20.6 Å². The molecule has 0 bridgehead atoms. The molecule has 76 valence electrons. The van der Waals surface area contributed by atoms with Crippen LogP contribution in [0.3, 0.4) is 0 Å². The number of carboxylic acids is 1. The van der Waals surface area contributed by atoms with E-state index in [2.05, 4.69) is 0 Å². The Hall–Kier alpha value is -0.900. The first-order chi connectivity index (χ1) is 5.70. The number of Topliss-reactive ketones (excluding diaryl/α,β-unsaturated/α-hetero) is 1. The van der Waals surface area contributed by atoms with Gasteiger partial charge < -0.3 is 14.4 Å². The number of ketones is 1. The first-order valence-corrected chi connectivity index (χ1v) is 4.25. The Balaban J connectivity index is 5.26. The summed E-state index contributed by atoms with van der Waals surface area (Å²) in [5.74, 6) is -1.69. The van der Waals surface area contributed by atoms with Crippen LogP contribution in [0.25, 0.3) is 0 Å². The smallest absolute Gasteiger partial charge is 0.195 e. The zero-order valence-electron chi connectivity index (χ0n) is 8.88. The molecule has 0 radical (unpaired) electrons. The molecule has 0 spiro atoms. The molecule has 1 atom stereocenters. The quantitative estimate of drug-likeness (QED) is 0.427. The van der Waals surface area contributed by atoms with E-state index in [4.69, 9.17) is 0 Å². The average molecular weight is 187 g/mol. The second-order valence-corrected chi connectivity index (χ2v) is 3.92. The normalized spacial score (nSPS) is 16.4. The molecule has 0 amide bonds. The molecule has 0 N–H and O–H groups in total. The van der Waals surface area contributed by atoms with E-state index in [0.717, 1.165) is 0 Å². The summed E-state index contributed by atoms with van der Waals surface area (Å²) in [6, 6.07) is 0.